The minimum atomic E-state index is -0.121. The van der Waals surface area contributed by atoms with Gasteiger partial charge in [0.25, 0.3) is 5.91 Å². The summed E-state index contributed by atoms with van der Waals surface area (Å²) in [6, 6.07) is 3.71. The molecule has 1 rings (SSSR count). The van der Waals surface area contributed by atoms with Crippen molar-refractivity contribution in [1.82, 2.24) is 4.90 Å². The van der Waals surface area contributed by atoms with E-state index in [1.54, 1.807) is 18.6 Å². The first-order valence-electron chi connectivity index (χ1n) is 4.90. The van der Waals surface area contributed by atoms with Gasteiger partial charge in [0, 0.05) is 17.5 Å². The van der Waals surface area contributed by atoms with Gasteiger partial charge in [0.1, 0.15) is 12.3 Å². The van der Waals surface area contributed by atoms with Crippen LogP contribution in [0.15, 0.2) is 11.4 Å². The predicted octanol–water partition coefficient (Wildman–Crippen LogP) is 2.13. The first-order valence-corrected chi connectivity index (χ1v) is 5.78. The maximum atomic E-state index is 12.0. The molecule has 0 saturated heterocycles. The highest BCUT2D eigenvalue weighted by molar-refractivity contribution is 7.12. The number of carbonyl (C=O) groups excluding carboxylic acids is 1. The van der Waals surface area contributed by atoms with Crippen LogP contribution in [-0.2, 0) is 0 Å². The summed E-state index contributed by atoms with van der Waals surface area (Å²) in [6.45, 7) is 3.89. The first-order chi connectivity index (χ1) is 7.60. The average Bonchev–Trinajstić information content (AvgIpc) is 2.73. The molecule has 1 aromatic rings. The van der Waals surface area contributed by atoms with Crippen LogP contribution in [0.25, 0.3) is 0 Å². The molecule has 0 atom stereocenters. The predicted molar refractivity (Wildman–Crippen MR) is 62.7 cm³/mol. The number of nitriles is 1. The molecule has 0 fully saturated rings. The second-order valence-corrected chi connectivity index (χ2v) is 4.45. The van der Waals surface area contributed by atoms with E-state index in [1.807, 2.05) is 19.9 Å². The standard InChI is InChI=1S/C11H14N2O2S/c1-8(2)13(5-4-12)11(14)10-6-9(15-3)7-16-10/h6-8H,5H2,1-3H3. The fourth-order valence-electron chi connectivity index (χ4n) is 1.24. The Labute approximate surface area is 99.1 Å². The van der Waals surface area contributed by atoms with E-state index in [-0.39, 0.29) is 18.5 Å². The molecule has 16 heavy (non-hydrogen) atoms. The zero-order valence-corrected chi connectivity index (χ0v) is 10.4. The molecule has 0 spiro atoms. The smallest absolute Gasteiger partial charge is 0.265 e. The van der Waals surface area contributed by atoms with Gasteiger partial charge in [0.15, 0.2) is 0 Å². The molecular formula is C11H14N2O2S. The number of carbonyl (C=O) groups is 1. The van der Waals surface area contributed by atoms with Crippen LogP contribution in [-0.4, -0.2) is 30.5 Å². The fraction of sp³-hybridized carbons (Fsp3) is 0.455. The second-order valence-electron chi connectivity index (χ2n) is 3.54. The molecule has 0 aliphatic rings. The number of hydrogen-bond acceptors (Lipinski definition) is 4. The van der Waals surface area contributed by atoms with Gasteiger partial charge >= 0.3 is 0 Å². The zero-order valence-electron chi connectivity index (χ0n) is 9.56. The lowest BCUT2D eigenvalue weighted by atomic mass is 10.3. The highest BCUT2D eigenvalue weighted by atomic mass is 32.1. The fourth-order valence-corrected chi connectivity index (χ4v) is 2.05. The number of ether oxygens (including phenoxy) is 1. The quantitative estimate of drug-likeness (QED) is 0.755. The molecule has 1 aromatic heterocycles. The van der Waals surface area contributed by atoms with Crippen molar-refractivity contribution in [2.24, 2.45) is 0 Å². The first kappa shape index (κ1) is 12.5. The van der Waals surface area contributed by atoms with Crippen molar-refractivity contribution in [3.05, 3.63) is 16.3 Å². The van der Waals surface area contributed by atoms with Gasteiger partial charge in [-0.1, -0.05) is 0 Å². The van der Waals surface area contributed by atoms with Crippen LogP contribution < -0.4 is 4.74 Å². The zero-order chi connectivity index (χ0) is 12.1. The highest BCUT2D eigenvalue weighted by Gasteiger charge is 2.20. The Morgan fingerprint density at radius 3 is 2.81 bits per heavy atom. The van der Waals surface area contributed by atoms with Crippen molar-refractivity contribution in [2.75, 3.05) is 13.7 Å². The van der Waals surface area contributed by atoms with E-state index in [1.165, 1.54) is 16.2 Å². The van der Waals surface area contributed by atoms with Gasteiger partial charge in [-0.2, -0.15) is 5.26 Å². The van der Waals surface area contributed by atoms with Crippen molar-refractivity contribution in [3.63, 3.8) is 0 Å². The lowest BCUT2D eigenvalue weighted by molar-refractivity contribution is 0.0736. The minimum absolute atomic E-state index is 0.0141. The molecule has 86 valence electrons. The van der Waals surface area contributed by atoms with Crippen LogP contribution in [0, 0.1) is 11.3 Å². The summed E-state index contributed by atoms with van der Waals surface area (Å²) in [6.07, 6.45) is 0. The highest BCUT2D eigenvalue weighted by Crippen LogP contribution is 2.23. The maximum absolute atomic E-state index is 12.0. The van der Waals surface area contributed by atoms with Gasteiger partial charge in [0.05, 0.1) is 18.1 Å². The number of nitrogens with zero attached hydrogens (tertiary/aromatic N) is 2. The van der Waals surface area contributed by atoms with Crippen LogP contribution in [0.5, 0.6) is 5.75 Å². The normalized spacial score (nSPS) is 9.94. The summed E-state index contributed by atoms with van der Waals surface area (Å²) in [5.74, 6) is 0.555. The Morgan fingerprint density at radius 2 is 2.38 bits per heavy atom. The molecule has 0 aromatic carbocycles. The number of methoxy groups -OCH3 is 1. The number of hydrogen-bond donors (Lipinski definition) is 0. The average molecular weight is 238 g/mol. The summed E-state index contributed by atoms with van der Waals surface area (Å²) in [4.78, 5) is 14.2. The molecule has 0 radical (unpaired) electrons. The van der Waals surface area contributed by atoms with Crippen LogP contribution in [0.1, 0.15) is 23.5 Å². The molecule has 0 N–H and O–H groups in total. The van der Waals surface area contributed by atoms with Crippen molar-refractivity contribution in [2.45, 2.75) is 19.9 Å². The third-order valence-corrected chi connectivity index (χ3v) is 3.04. The summed E-state index contributed by atoms with van der Waals surface area (Å²) >= 11 is 1.33. The lowest BCUT2D eigenvalue weighted by Crippen LogP contribution is -2.36. The number of amides is 1. The molecule has 0 saturated carbocycles. The van der Waals surface area contributed by atoms with Crippen molar-refractivity contribution in [3.8, 4) is 11.8 Å². The third-order valence-electron chi connectivity index (χ3n) is 2.15. The van der Waals surface area contributed by atoms with Crippen LogP contribution in [0.3, 0.4) is 0 Å². The molecule has 0 aliphatic carbocycles. The van der Waals surface area contributed by atoms with E-state index in [0.29, 0.717) is 10.6 Å². The lowest BCUT2D eigenvalue weighted by Gasteiger charge is -2.22. The largest absolute Gasteiger partial charge is 0.496 e. The summed E-state index contributed by atoms with van der Waals surface area (Å²) < 4.78 is 5.02. The topological polar surface area (TPSA) is 53.3 Å². The van der Waals surface area contributed by atoms with E-state index in [4.69, 9.17) is 10.00 Å². The third kappa shape index (κ3) is 2.74. The Balaban J connectivity index is 2.86. The maximum Gasteiger partial charge on any atom is 0.265 e. The Morgan fingerprint density at radius 1 is 1.69 bits per heavy atom. The molecule has 0 unspecified atom stereocenters. The van der Waals surface area contributed by atoms with E-state index in [9.17, 15) is 4.79 Å². The van der Waals surface area contributed by atoms with E-state index in [0.717, 1.165) is 0 Å². The van der Waals surface area contributed by atoms with Crippen molar-refractivity contribution in [1.29, 1.82) is 5.26 Å². The molecule has 1 heterocycles. The van der Waals surface area contributed by atoms with Crippen molar-refractivity contribution >= 4 is 17.2 Å². The van der Waals surface area contributed by atoms with Gasteiger partial charge < -0.3 is 9.64 Å². The monoisotopic (exact) mass is 238 g/mol. The second kappa shape index (κ2) is 5.52. The minimum Gasteiger partial charge on any atom is -0.496 e. The molecule has 0 bridgehead atoms. The summed E-state index contributed by atoms with van der Waals surface area (Å²) in [5.41, 5.74) is 0. The molecule has 1 amide bonds. The van der Waals surface area contributed by atoms with Gasteiger partial charge in [0.2, 0.25) is 0 Å². The van der Waals surface area contributed by atoms with Gasteiger partial charge in [-0.3, -0.25) is 4.79 Å². The number of rotatable bonds is 4. The van der Waals surface area contributed by atoms with Crippen LogP contribution >= 0.6 is 11.3 Å². The Kier molecular flexibility index (Phi) is 4.32. The number of thiophene rings is 1. The van der Waals surface area contributed by atoms with E-state index >= 15 is 0 Å². The van der Waals surface area contributed by atoms with E-state index < -0.39 is 0 Å². The van der Waals surface area contributed by atoms with E-state index in [2.05, 4.69) is 0 Å². The Bertz CT molecular complexity index is 406. The van der Waals surface area contributed by atoms with Crippen LogP contribution in [0.4, 0.5) is 0 Å². The molecular weight excluding hydrogens is 224 g/mol. The Hall–Kier alpha value is -1.54. The molecule has 0 aliphatic heterocycles. The summed E-state index contributed by atoms with van der Waals surface area (Å²) in [7, 11) is 1.56. The van der Waals surface area contributed by atoms with Crippen LogP contribution in [0.2, 0.25) is 0 Å². The SMILES string of the molecule is COc1csc(C(=O)N(CC#N)C(C)C)c1. The molecule has 5 heteroatoms. The van der Waals surface area contributed by atoms with Crippen molar-refractivity contribution < 1.29 is 9.53 Å². The van der Waals surface area contributed by atoms with Gasteiger partial charge in [-0.15, -0.1) is 11.3 Å². The van der Waals surface area contributed by atoms with Gasteiger partial charge in [-0.05, 0) is 13.8 Å². The molecule has 4 nitrogen and oxygen atoms in total. The summed E-state index contributed by atoms with van der Waals surface area (Å²) in [5, 5.41) is 10.4. The van der Waals surface area contributed by atoms with Gasteiger partial charge in [-0.25, -0.2) is 0 Å².